The Morgan fingerprint density at radius 1 is 1.44 bits per heavy atom. The Bertz CT molecular complexity index is 403. The summed E-state index contributed by atoms with van der Waals surface area (Å²) in [6.07, 6.45) is 2.41. The first-order valence-corrected chi connectivity index (χ1v) is 7.68. The Morgan fingerprint density at radius 2 is 2.11 bits per heavy atom. The van der Waals surface area contributed by atoms with E-state index in [-0.39, 0.29) is 0 Å². The summed E-state index contributed by atoms with van der Waals surface area (Å²) in [7, 11) is 0. The second-order valence-corrected chi connectivity index (χ2v) is 6.38. The molecular formula is C14H20BrClN2. The van der Waals surface area contributed by atoms with E-state index in [2.05, 4.69) is 39.9 Å². The molecule has 0 spiro atoms. The molecule has 0 aromatic heterocycles. The van der Waals surface area contributed by atoms with Crippen LogP contribution in [0.2, 0.25) is 5.02 Å². The van der Waals surface area contributed by atoms with Crippen LogP contribution in [0.15, 0.2) is 22.7 Å². The lowest BCUT2D eigenvalue weighted by Crippen LogP contribution is -2.37. The van der Waals surface area contributed by atoms with Crippen LogP contribution in [0.1, 0.15) is 31.4 Å². The Labute approximate surface area is 123 Å². The lowest BCUT2D eigenvalue weighted by molar-refractivity contribution is 0.143. The second kappa shape index (κ2) is 6.38. The summed E-state index contributed by atoms with van der Waals surface area (Å²) in [6.45, 7) is 5.30. The molecule has 1 saturated heterocycles. The summed E-state index contributed by atoms with van der Waals surface area (Å²) >= 11 is 9.77. The predicted octanol–water partition coefficient (Wildman–Crippen LogP) is 3.83. The number of likely N-dealkylation sites (tertiary alicyclic amines) is 1. The first-order chi connectivity index (χ1) is 8.61. The van der Waals surface area contributed by atoms with Gasteiger partial charge in [0.1, 0.15) is 0 Å². The number of benzene rings is 1. The fraction of sp³-hybridized carbons (Fsp3) is 0.571. The average Bonchev–Trinajstić information content (AvgIpc) is 2.38. The molecule has 2 N–H and O–H groups in total. The SMILES string of the molecule is CC(c1ccc(Br)cc1Cl)N1CCC(CN)CC1. The zero-order chi connectivity index (χ0) is 13.1. The third-order valence-electron chi connectivity index (χ3n) is 3.94. The van der Waals surface area contributed by atoms with Crippen LogP contribution in [0.4, 0.5) is 0 Å². The largest absolute Gasteiger partial charge is 0.330 e. The topological polar surface area (TPSA) is 29.3 Å². The fourth-order valence-electron chi connectivity index (χ4n) is 2.61. The van der Waals surface area contributed by atoms with Gasteiger partial charge >= 0.3 is 0 Å². The molecule has 18 heavy (non-hydrogen) atoms. The highest BCUT2D eigenvalue weighted by Gasteiger charge is 2.23. The van der Waals surface area contributed by atoms with Crippen molar-refractivity contribution >= 4 is 27.5 Å². The van der Waals surface area contributed by atoms with Crippen LogP contribution in [-0.4, -0.2) is 24.5 Å². The van der Waals surface area contributed by atoms with E-state index in [0.717, 1.165) is 29.1 Å². The Morgan fingerprint density at radius 3 is 2.67 bits per heavy atom. The molecule has 1 atom stereocenters. The fourth-order valence-corrected chi connectivity index (χ4v) is 3.44. The third kappa shape index (κ3) is 3.27. The zero-order valence-electron chi connectivity index (χ0n) is 10.7. The number of nitrogens with zero attached hydrogens (tertiary/aromatic N) is 1. The van der Waals surface area contributed by atoms with Gasteiger partial charge in [-0.3, -0.25) is 4.90 Å². The third-order valence-corrected chi connectivity index (χ3v) is 4.76. The van der Waals surface area contributed by atoms with Gasteiger partial charge in [0.2, 0.25) is 0 Å². The van der Waals surface area contributed by atoms with Gasteiger partial charge in [-0.15, -0.1) is 0 Å². The Balaban J connectivity index is 2.05. The summed E-state index contributed by atoms with van der Waals surface area (Å²) < 4.78 is 1.03. The van der Waals surface area contributed by atoms with Crippen molar-refractivity contribution in [3.63, 3.8) is 0 Å². The van der Waals surface area contributed by atoms with Crippen LogP contribution in [0.5, 0.6) is 0 Å². The van der Waals surface area contributed by atoms with E-state index >= 15 is 0 Å². The molecule has 1 aliphatic rings. The van der Waals surface area contributed by atoms with Gasteiger partial charge in [0, 0.05) is 15.5 Å². The molecule has 0 aliphatic carbocycles. The summed E-state index contributed by atoms with van der Waals surface area (Å²) in [5.41, 5.74) is 6.95. The monoisotopic (exact) mass is 330 g/mol. The molecule has 1 heterocycles. The number of halogens is 2. The standard InChI is InChI=1S/C14H20BrClN2/c1-10(13-3-2-12(15)8-14(13)16)18-6-4-11(9-17)5-7-18/h2-3,8,10-11H,4-7,9,17H2,1H3. The number of piperidine rings is 1. The number of hydrogen-bond acceptors (Lipinski definition) is 2. The summed E-state index contributed by atoms with van der Waals surface area (Å²) in [5.74, 6) is 0.703. The van der Waals surface area contributed by atoms with Crippen LogP contribution < -0.4 is 5.73 Å². The molecule has 4 heteroatoms. The molecule has 2 nitrogen and oxygen atoms in total. The van der Waals surface area contributed by atoms with Gasteiger partial charge in [-0.2, -0.15) is 0 Å². The van der Waals surface area contributed by atoms with Crippen LogP contribution in [0.25, 0.3) is 0 Å². The van der Waals surface area contributed by atoms with Crippen LogP contribution in [0, 0.1) is 5.92 Å². The minimum absolute atomic E-state index is 0.379. The van der Waals surface area contributed by atoms with E-state index in [0.29, 0.717) is 12.0 Å². The Kier molecular flexibility index (Phi) is 5.07. The maximum atomic E-state index is 6.32. The van der Waals surface area contributed by atoms with Crippen LogP contribution in [-0.2, 0) is 0 Å². The highest BCUT2D eigenvalue weighted by Crippen LogP contribution is 2.32. The van der Waals surface area contributed by atoms with Gasteiger partial charge in [0.05, 0.1) is 0 Å². The molecule has 100 valence electrons. The van der Waals surface area contributed by atoms with Crippen molar-refractivity contribution in [3.05, 3.63) is 33.3 Å². The lowest BCUT2D eigenvalue weighted by Gasteiger charge is -2.36. The first-order valence-electron chi connectivity index (χ1n) is 6.51. The Hall–Kier alpha value is -0.0900. The van der Waals surface area contributed by atoms with Crippen molar-refractivity contribution in [2.75, 3.05) is 19.6 Å². The number of nitrogens with two attached hydrogens (primary N) is 1. The van der Waals surface area contributed by atoms with Gasteiger partial charge in [-0.25, -0.2) is 0 Å². The van der Waals surface area contributed by atoms with E-state index in [1.54, 1.807) is 0 Å². The lowest BCUT2D eigenvalue weighted by atomic mass is 9.95. The van der Waals surface area contributed by atoms with Crippen molar-refractivity contribution < 1.29 is 0 Å². The van der Waals surface area contributed by atoms with Crippen molar-refractivity contribution in [1.29, 1.82) is 0 Å². The van der Waals surface area contributed by atoms with E-state index in [1.165, 1.54) is 18.4 Å². The first kappa shape index (κ1) is 14.3. The highest BCUT2D eigenvalue weighted by atomic mass is 79.9. The van der Waals surface area contributed by atoms with Gasteiger partial charge in [-0.05, 0) is 63.0 Å². The average molecular weight is 332 g/mol. The molecule has 1 fully saturated rings. The molecule has 1 aliphatic heterocycles. The van der Waals surface area contributed by atoms with Crippen molar-refractivity contribution in [1.82, 2.24) is 4.90 Å². The second-order valence-electron chi connectivity index (χ2n) is 5.06. The smallest absolute Gasteiger partial charge is 0.0464 e. The molecule has 0 radical (unpaired) electrons. The van der Waals surface area contributed by atoms with Crippen molar-refractivity contribution in [2.45, 2.75) is 25.8 Å². The van der Waals surface area contributed by atoms with E-state index in [4.69, 9.17) is 17.3 Å². The van der Waals surface area contributed by atoms with Crippen molar-refractivity contribution in [2.24, 2.45) is 11.7 Å². The van der Waals surface area contributed by atoms with Crippen LogP contribution >= 0.6 is 27.5 Å². The molecular weight excluding hydrogens is 312 g/mol. The zero-order valence-corrected chi connectivity index (χ0v) is 13.0. The summed E-state index contributed by atoms with van der Waals surface area (Å²) in [5, 5.41) is 0.845. The van der Waals surface area contributed by atoms with Gasteiger partial charge in [-0.1, -0.05) is 33.6 Å². The molecule has 1 aromatic rings. The minimum Gasteiger partial charge on any atom is -0.330 e. The van der Waals surface area contributed by atoms with E-state index in [1.807, 2.05) is 6.07 Å². The normalized spacial score (nSPS) is 20.0. The quantitative estimate of drug-likeness (QED) is 0.912. The molecule has 2 rings (SSSR count). The molecule has 0 bridgehead atoms. The van der Waals surface area contributed by atoms with Crippen LogP contribution in [0.3, 0.4) is 0 Å². The molecule has 1 unspecified atom stereocenters. The maximum absolute atomic E-state index is 6.32. The molecule has 1 aromatic carbocycles. The van der Waals surface area contributed by atoms with E-state index in [9.17, 15) is 0 Å². The molecule has 0 amide bonds. The van der Waals surface area contributed by atoms with Gasteiger partial charge < -0.3 is 5.73 Å². The number of hydrogen-bond donors (Lipinski definition) is 1. The van der Waals surface area contributed by atoms with Gasteiger partial charge in [0.25, 0.3) is 0 Å². The highest BCUT2D eigenvalue weighted by molar-refractivity contribution is 9.10. The maximum Gasteiger partial charge on any atom is 0.0464 e. The summed E-state index contributed by atoms with van der Waals surface area (Å²) in [4.78, 5) is 2.50. The van der Waals surface area contributed by atoms with Gasteiger partial charge in [0.15, 0.2) is 0 Å². The van der Waals surface area contributed by atoms with E-state index < -0.39 is 0 Å². The number of rotatable bonds is 3. The minimum atomic E-state index is 0.379. The summed E-state index contributed by atoms with van der Waals surface area (Å²) in [6, 6.07) is 6.53. The van der Waals surface area contributed by atoms with Crippen molar-refractivity contribution in [3.8, 4) is 0 Å². The predicted molar refractivity (Wildman–Crippen MR) is 80.9 cm³/mol. The molecule has 0 saturated carbocycles.